The van der Waals surface area contributed by atoms with Crippen molar-refractivity contribution in [3.63, 3.8) is 0 Å². The van der Waals surface area contributed by atoms with Crippen molar-refractivity contribution in [1.29, 1.82) is 0 Å². The molecule has 9 heteroatoms. The van der Waals surface area contributed by atoms with Gasteiger partial charge in [-0.15, -0.1) is 12.4 Å². The maximum atomic E-state index is 8.63. The molecular weight excluding hydrogens is 343 g/mol. The average molecular weight is 361 g/mol. The summed E-state index contributed by atoms with van der Waals surface area (Å²) in [6.45, 7) is 1.20. The van der Waals surface area contributed by atoms with Gasteiger partial charge in [-0.05, 0) is 24.3 Å². The predicted octanol–water partition coefficient (Wildman–Crippen LogP) is 2.35. The number of nitrogens with one attached hydrogen (secondary N) is 1. The zero-order valence-corrected chi connectivity index (χ0v) is 13.8. The third-order valence-corrected chi connectivity index (χ3v) is 2.84. The van der Waals surface area contributed by atoms with E-state index in [9.17, 15) is 0 Å². The number of hydrogen-bond donors (Lipinski definition) is 3. The van der Waals surface area contributed by atoms with E-state index in [-0.39, 0.29) is 25.0 Å². The molecule has 0 saturated heterocycles. The normalized spacial score (nSPS) is 10.0. The largest absolute Gasteiger partial charge is 0.452 e. The molecule has 23 heavy (non-hydrogen) atoms. The zero-order valence-electron chi connectivity index (χ0n) is 12.2. The van der Waals surface area contributed by atoms with E-state index in [0.717, 1.165) is 0 Å². The molecule has 0 aliphatic rings. The second-order valence-corrected chi connectivity index (χ2v) is 4.70. The molecule has 0 amide bonds. The summed E-state index contributed by atoms with van der Waals surface area (Å²) in [7, 11) is 0. The van der Waals surface area contributed by atoms with E-state index in [4.69, 9.17) is 31.9 Å². The van der Waals surface area contributed by atoms with E-state index in [1.165, 1.54) is 6.20 Å². The van der Waals surface area contributed by atoms with Crippen LogP contribution in [0.5, 0.6) is 11.5 Å². The summed E-state index contributed by atoms with van der Waals surface area (Å²) in [5, 5.41) is 12.3. The minimum atomic E-state index is -0.00855. The van der Waals surface area contributed by atoms with Crippen molar-refractivity contribution < 1.29 is 14.6 Å². The summed E-state index contributed by atoms with van der Waals surface area (Å²) >= 11 is 5.84. The third-order valence-electron chi connectivity index (χ3n) is 2.59. The smallest absolute Gasteiger partial charge is 0.222 e. The maximum Gasteiger partial charge on any atom is 0.222 e. The van der Waals surface area contributed by atoms with Crippen molar-refractivity contribution in [2.24, 2.45) is 0 Å². The maximum absolute atomic E-state index is 8.63. The van der Waals surface area contributed by atoms with Gasteiger partial charge in [0.15, 0.2) is 11.6 Å². The molecule has 1 aromatic heterocycles. The first kappa shape index (κ1) is 19.2. The first-order valence-electron chi connectivity index (χ1n) is 6.67. The highest BCUT2D eigenvalue weighted by Crippen LogP contribution is 2.28. The van der Waals surface area contributed by atoms with Crippen LogP contribution in [0.3, 0.4) is 0 Å². The fourth-order valence-corrected chi connectivity index (χ4v) is 1.75. The molecule has 0 saturated carbocycles. The minimum absolute atomic E-state index is 0. The average Bonchev–Trinajstić information content (AvgIpc) is 2.51. The van der Waals surface area contributed by atoms with Gasteiger partial charge in [-0.1, -0.05) is 11.6 Å². The molecule has 126 valence electrons. The second-order valence-electron chi connectivity index (χ2n) is 4.26. The van der Waals surface area contributed by atoms with Crippen molar-refractivity contribution in [2.45, 2.75) is 0 Å². The van der Waals surface area contributed by atoms with Crippen molar-refractivity contribution in [3.05, 3.63) is 35.5 Å². The molecule has 0 atom stereocenters. The van der Waals surface area contributed by atoms with Gasteiger partial charge in [0.25, 0.3) is 0 Å². The minimum Gasteiger partial charge on any atom is -0.452 e. The van der Waals surface area contributed by atoms with Crippen molar-refractivity contribution >= 4 is 35.8 Å². The molecule has 0 aliphatic heterocycles. The van der Waals surface area contributed by atoms with Crippen LogP contribution < -0.4 is 15.8 Å². The number of aromatic nitrogens is 2. The SMILES string of the molecule is Cl.Nc1ncc(Oc2ccc(Cl)cc2)c(NCCOCCO)n1. The van der Waals surface area contributed by atoms with Gasteiger partial charge in [0.05, 0.1) is 26.0 Å². The molecule has 0 unspecified atom stereocenters. The Kier molecular flexibility index (Phi) is 8.42. The summed E-state index contributed by atoms with van der Waals surface area (Å²) in [6, 6.07) is 6.94. The molecule has 0 bridgehead atoms. The lowest BCUT2D eigenvalue weighted by molar-refractivity contribution is 0.0991. The van der Waals surface area contributed by atoms with Gasteiger partial charge in [0, 0.05) is 11.6 Å². The molecule has 0 fully saturated rings. The third kappa shape index (κ3) is 6.45. The Balaban J connectivity index is 0.00000264. The van der Waals surface area contributed by atoms with Crippen LogP contribution in [-0.2, 0) is 4.74 Å². The first-order chi connectivity index (χ1) is 10.7. The fourth-order valence-electron chi connectivity index (χ4n) is 1.62. The Labute approximate surface area is 145 Å². The second kappa shape index (κ2) is 10.1. The van der Waals surface area contributed by atoms with Gasteiger partial charge in [0.1, 0.15) is 5.75 Å². The van der Waals surface area contributed by atoms with Crippen molar-refractivity contribution in [3.8, 4) is 11.5 Å². The summed E-state index contributed by atoms with van der Waals surface area (Å²) in [5.41, 5.74) is 5.59. The van der Waals surface area contributed by atoms with Crippen LogP contribution >= 0.6 is 24.0 Å². The van der Waals surface area contributed by atoms with Gasteiger partial charge in [-0.25, -0.2) is 4.98 Å². The van der Waals surface area contributed by atoms with E-state index in [1.807, 2.05) is 0 Å². The molecular formula is C14H18Cl2N4O3. The number of nitrogens with two attached hydrogens (primary N) is 1. The van der Waals surface area contributed by atoms with Gasteiger partial charge in [-0.3, -0.25) is 0 Å². The molecule has 2 rings (SSSR count). The van der Waals surface area contributed by atoms with E-state index < -0.39 is 0 Å². The van der Waals surface area contributed by atoms with Crippen LogP contribution in [0.1, 0.15) is 0 Å². The molecule has 4 N–H and O–H groups in total. The predicted molar refractivity (Wildman–Crippen MR) is 91.6 cm³/mol. The number of aliphatic hydroxyl groups is 1. The standard InChI is InChI=1S/C14H17ClN4O3.ClH/c15-10-1-3-11(4-2-10)22-12-9-18-14(16)19-13(12)17-5-7-21-8-6-20;/h1-4,9,20H,5-8H2,(H3,16,17,18,19);1H. The summed E-state index contributed by atoms with van der Waals surface area (Å²) in [5.74, 6) is 1.66. The number of halogens is 2. The summed E-state index contributed by atoms with van der Waals surface area (Å²) < 4.78 is 10.9. The molecule has 0 aliphatic carbocycles. The van der Waals surface area contributed by atoms with Crippen molar-refractivity contribution in [1.82, 2.24) is 9.97 Å². The topological polar surface area (TPSA) is 103 Å². The Morgan fingerprint density at radius 3 is 2.65 bits per heavy atom. The number of rotatable bonds is 8. The number of ether oxygens (including phenoxy) is 2. The first-order valence-corrected chi connectivity index (χ1v) is 7.05. The number of anilines is 2. The van der Waals surface area contributed by atoms with Crippen LogP contribution in [-0.4, -0.2) is 41.4 Å². The Hall–Kier alpha value is -1.80. The Bertz CT molecular complexity index is 599. The molecule has 0 spiro atoms. The number of nitrogens with zero attached hydrogens (tertiary/aromatic N) is 2. The summed E-state index contributed by atoms with van der Waals surface area (Å²) in [4.78, 5) is 8.03. The van der Waals surface area contributed by atoms with Crippen LogP contribution in [0.4, 0.5) is 11.8 Å². The molecule has 0 radical (unpaired) electrons. The highest BCUT2D eigenvalue weighted by Gasteiger charge is 2.08. The lowest BCUT2D eigenvalue weighted by Gasteiger charge is -2.12. The Morgan fingerprint density at radius 1 is 1.22 bits per heavy atom. The van der Waals surface area contributed by atoms with Gasteiger partial charge >= 0.3 is 0 Å². The van der Waals surface area contributed by atoms with Crippen molar-refractivity contribution in [2.75, 3.05) is 37.4 Å². The number of benzene rings is 1. The Morgan fingerprint density at radius 2 is 1.96 bits per heavy atom. The highest BCUT2D eigenvalue weighted by atomic mass is 35.5. The number of nitrogen functional groups attached to an aromatic ring is 1. The van der Waals surface area contributed by atoms with Crippen LogP contribution in [0.2, 0.25) is 5.02 Å². The molecule has 1 aromatic carbocycles. The van der Waals surface area contributed by atoms with Crippen LogP contribution in [0, 0.1) is 0 Å². The molecule has 2 aromatic rings. The van der Waals surface area contributed by atoms with E-state index >= 15 is 0 Å². The van der Waals surface area contributed by atoms with E-state index in [0.29, 0.717) is 42.1 Å². The number of hydrogen-bond acceptors (Lipinski definition) is 7. The lowest BCUT2D eigenvalue weighted by atomic mass is 10.3. The lowest BCUT2D eigenvalue weighted by Crippen LogP contribution is -2.13. The van der Waals surface area contributed by atoms with Gasteiger partial charge in [-0.2, -0.15) is 4.98 Å². The van der Waals surface area contributed by atoms with Crippen LogP contribution in [0.15, 0.2) is 30.5 Å². The van der Waals surface area contributed by atoms with E-state index in [2.05, 4.69) is 15.3 Å². The quantitative estimate of drug-likeness (QED) is 0.620. The van der Waals surface area contributed by atoms with Gasteiger partial charge < -0.3 is 25.6 Å². The molecule has 7 nitrogen and oxygen atoms in total. The summed E-state index contributed by atoms with van der Waals surface area (Å²) in [6.07, 6.45) is 1.49. The van der Waals surface area contributed by atoms with Crippen LogP contribution in [0.25, 0.3) is 0 Å². The van der Waals surface area contributed by atoms with E-state index in [1.54, 1.807) is 24.3 Å². The zero-order chi connectivity index (χ0) is 15.8. The highest BCUT2D eigenvalue weighted by molar-refractivity contribution is 6.30. The number of aliphatic hydroxyl groups excluding tert-OH is 1. The fraction of sp³-hybridized carbons (Fsp3) is 0.286. The molecule has 1 heterocycles. The van der Waals surface area contributed by atoms with Gasteiger partial charge in [0.2, 0.25) is 5.95 Å². The monoisotopic (exact) mass is 360 g/mol.